The lowest BCUT2D eigenvalue weighted by Crippen LogP contribution is -2.34. The molecule has 1 atom stereocenters. The van der Waals surface area contributed by atoms with Crippen molar-refractivity contribution in [3.63, 3.8) is 0 Å². The summed E-state index contributed by atoms with van der Waals surface area (Å²) in [5.41, 5.74) is 3.48. The van der Waals surface area contributed by atoms with E-state index in [4.69, 9.17) is 0 Å². The van der Waals surface area contributed by atoms with E-state index in [1.165, 1.54) is 5.56 Å². The molecule has 0 aliphatic carbocycles. The van der Waals surface area contributed by atoms with Crippen LogP contribution in [0.5, 0.6) is 0 Å². The second-order valence-corrected chi connectivity index (χ2v) is 7.48. The Kier molecular flexibility index (Phi) is 5.72. The number of hydrogen-bond acceptors (Lipinski definition) is 5. The maximum atomic E-state index is 12.7. The molecule has 0 fully saturated rings. The number of aromatic nitrogens is 2. The molecule has 142 valence electrons. The van der Waals surface area contributed by atoms with Gasteiger partial charge in [-0.15, -0.1) is 0 Å². The summed E-state index contributed by atoms with van der Waals surface area (Å²) in [6, 6.07) is 7.48. The molecule has 1 N–H and O–H groups in total. The van der Waals surface area contributed by atoms with Gasteiger partial charge >= 0.3 is 0 Å². The van der Waals surface area contributed by atoms with Crippen LogP contribution in [0.4, 0.5) is 0 Å². The number of benzene rings is 1. The highest BCUT2D eigenvalue weighted by Gasteiger charge is 2.17. The first-order chi connectivity index (χ1) is 12.9. The highest BCUT2D eigenvalue weighted by molar-refractivity contribution is 7.07. The SMILES string of the molecule is CCn1c(=O)c(C)nc2cc(C(=O)NC[C@@H](c3ccsc3)N(C)C)ccc21. The standard InChI is InChI=1S/C20H24N4O2S/c1-5-24-17-7-6-14(10-16(17)22-13(2)20(24)26)19(25)21-11-18(23(3)4)15-8-9-27-12-15/h6-10,12,18H,5,11H2,1-4H3,(H,21,25)/t18-/m0/s1. The van der Waals surface area contributed by atoms with E-state index in [9.17, 15) is 9.59 Å². The molecule has 1 amide bonds. The number of amides is 1. The minimum absolute atomic E-state index is 0.0909. The molecule has 0 radical (unpaired) electrons. The average Bonchev–Trinajstić information content (AvgIpc) is 3.16. The minimum Gasteiger partial charge on any atom is -0.350 e. The van der Waals surface area contributed by atoms with E-state index >= 15 is 0 Å². The molecule has 0 saturated carbocycles. The largest absolute Gasteiger partial charge is 0.350 e. The van der Waals surface area contributed by atoms with Crippen molar-refractivity contribution in [3.05, 3.63) is 62.2 Å². The molecule has 0 unspecified atom stereocenters. The molecule has 3 rings (SSSR count). The third-order valence-electron chi connectivity index (χ3n) is 4.69. The van der Waals surface area contributed by atoms with Crippen LogP contribution >= 0.6 is 11.3 Å². The molecule has 1 aromatic carbocycles. The topological polar surface area (TPSA) is 67.2 Å². The van der Waals surface area contributed by atoms with Gasteiger partial charge in [0.25, 0.3) is 11.5 Å². The van der Waals surface area contributed by atoms with Crippen molar-refractivity contribution in [1.82, 2.24) is 19.8 Å². The smallest absolute Gasteiger partial charge is 0.272 e. The van der Waals surface area contributed by atoms with Crippen molar-refractivity contribution in [2.45, 2.75) is 26.4 Å². The maximum absolute atomic E-state index is 12.7. The number of rotatable bonds is 6. The molecule has 7 heteroatoms. The van der Waals surface area contributed by atoms with Crippen molar-refractivity contribution in [2.24, 2.45) is 0 Å². The zero-order valence-corrected chi connectivity index (χ0v) is 16.8. The molecule has 2 aromatic heterocycles. The fourth-order valence-electron chi connectivity index (χ4n) is 3.18. The van der Waals surface area contributed by atoms with Gasteiger partial charge in [0, 0.05) is 18.7 Å². The number of carbonyl (C=O) groups excluding carboxylic acids is 1. The minimum atomic E-state index is -0.146. The van der Waals surface area contributed by atoms with E-state index in [1.807, 2.05) is 26.4 Å². The number of carbonyl (C=O) groups is 1. The van der Waals surface area contributed by atoms with Crippen LogP contribution in [0.15, 0.2) is 39.8 Å². The predicted molar refractivity (Wildman–Crippen MR) is 109 cm³/mol. The van der Waals surface area contributed by atoms with Crippen LogP contribution < -0.4 is 10.9 Å². The number of thiophene rings is 1. The summed E-state index contributed by atoms with van der Waals surface area (Å²) in [6.07, 6.45) is 0. The van der Waals surface area contributed by atoms with E-state index in [0.717, 1.165) is 5.52 Å². The van der Waals surface area contributed by atoms with Gasteiger partial charge in [0.15, 0.2) is 0 Å². The van der Waals surface area contributed by atoms with Gasteiger partial charge < -0.3 is 14.8 Å². The van der Waals surface area contributed by atoms with Crippen molar-refractivity contribution < 1.29 is 4.79 Å². The summed E-state index contributed by atoms with van der Waals surface area (Å²) < 4.78 is 1.68. The van der Waals surface area contributed by atoms with E-state index < -0.39 is 0 Å². The lowest BCUT2D eigenvalue weighted by molar-refractivity contribution is 0.0942. The third-order valence-corrected chi connectivity index (χ3v) is 5.40. The monoisotopic (exact) mass is 384 g/mol. The Morgan fingerprint density at radius 3 is 2.74 bits per heavy atom. The second-order valence-electron chi connectivity index (χ2n) is 6.70. The van der Waals surface area contributed by atoms with Crippen molar-refractivity contribution in [1.29, 1.82) is 0 Å². The summed E-state index contributed by atoms with van der Waals surface area (Å²) >= 11 is 1.65. The zero-order valence-electron chi connectivity index (χ0n) is 16.0. The predicted octanol–water partition coefficient (Wildman–Crippen LogP) is 2.82. The number of nitrogens with zero attached hydrogens (tertiary/aromatic N) is 3. The number of aryl methyl sites for hydroxylation is 2. The molecule has 0 spiro atoms. The fraction of sp³-hybridized carbons (Fsp3) is 0.350. The summed E-state index contributed by atoms with van der Waals surface area (Å²) in [4.78, 5) is 31.3. The van der Waals surface area contributed by atoms with Crippen LogP contribution in [-0.4, -0.2) is 41.0 Å². The highest BCUT2D eigenvalue weighted by Crippen LogP contribution is 2.20. The van der Waals surface area contributed by atoms with Crippen molar-refractivity contribution in [3.8, 4) is 0 Å². The fourth-order valence-corrected chi connectivity index (χ4v) is 3.89. The Labute approximate surface area is 162 Å². The lowest BCUT2D eigenvalue weighted by atomic mass is 10.1. The molecule has 3 aromatic rings. The first kappa shape index (κ1) is 19.3. The van der Waals surface area contributed by atoms with Gasteiger partial charge in [-0.2, -0.15) is 11.3 Å². The van der Waals surface area contributed by atoms with Gasteiger partial charge in [-0.25, -0.2) is 4.98 Å². The zero-order chi connectivity index (χ0) is 19.6. The van der Waals surface area contributed by atoms with Crippen LogP contribution in [0, 0.1) is 6.92 Å². The highest BCUT2D eigenvalue weighted by atomic mass is 32.1. The van der Waals surface area contributed by atoms with Gasteiger partial charge in [0.1, 0.15) is 5.69 Å². The number of nitrogens with one attached hydrogen (secondary N) is 1. The van der Waals surface area contributed by atoms with E-state index in [0.29, 0.717) is 29.9 Å². The lowest BCUT2D eigenvalue weighted by Gasteiger charge is -2.24. The van der Waals surface area contributed by atoms with Crippen LogP contribution in [0.25, 0.3) is 11.0 Å². The Balaban J connectivity index is 1.83. The summed E-state index contributed by atoms with van der Waals surface area (Å²) in [7, 11) is 4.00. The number of likely N-dealkylation sites (N-methyl/N-ethyl adjacent to an activating group) is 1. The van der Waals surface area contributed by atoms with Crippen LogP contribution in [0.1, 0.15) is 34.6 Å². The summed E-state index contributed by atoms with van der Waals surface area (Å²) in [5.74, 6) is -0.146. The molecular formula is C20H24N4O2S. The van der Waals surface area contributed by atoms with Gasteiger partial charge in [0.2, 0.25) is 0 Å². The first-order valence-corrected chi connectivity index (χ1v) is 9.84. The molecule has 0 bridgehead atoms. The van der Waals surface area contributed by atoms with Crippen LogP contribution in [0.2, 0.25) is 0 Å². The Hall–Kier alpha value is -2.51. The van der Waals surface area contributed by atoms with Crippen LogP contribution in [0.3, 0.4) is 0 Å². The van der Waals surface area contributed by atoms with Crippen molar-refractivity contribution >= 4 is 28.3 Å². The molecule has 0 aliphatic rings. The Morgan fingerprint density at radius 1 is 1.33 bits per heavy atom. The van der Waals surface area contributed by atoms with Crippen LogP contribution in [-0.2, 0) is 6.54 Å². The van der Waals surface area contributed by atoms with Gasteiger partial charge in [0.05, 0.1) is 17.1 Å². The maximum Gasteiger partial charge on any atom is 0.272 e. The third kappa shape index (κ3) is 3.94. The first-order valence-electron chi connectivity index (χ1n) is 8.90. The second kappa shape index (κ2) is 8.02. The molecule has 6 nitrogen and oxygen atoms in total. The van der Waals surface area contributed by atoms with Gasteiger partial charge in [-0.05, 0) is 68.5 Å². The quantitative estimate of drug-likeness (QED) is 0.710. The number of fused-ring (bicyclic) bond motifs is 1. The van der Waals surface area contributed by atoms with E-state index in [1.54, 1.807) is 41.0 Å². The van der Waals surface area contributed by atoms with E-state index in [2.05, 4.69) is 26.6 Å². The van der Waals surface area contributed by atoms with Gasteiger partial charge in [-0.1, -0.05) is 0 Å². The van der Waals surface area contributed by atoms with E-state index in [-0.39, 0.29) is 17.5 Å². The molecule has 0 aliphatic heterocycles. The number of hydrogen-bond donors (Lipinski definition) is 1. The molecule has 0 saturated heterocycles. The molecule has 2 heterocycles. The molecular weight excluding hydrogens is 360 g/mol. The Morgan fingerprint density at radius 2 is 2.11 bits per heavy atom. The van der Waals surface area contributed by atoms with Crippen molar-refractivity contribution in [2.75, 3.05) is 20.6 Å². The average molecular weight is 385 g/mol. The summed E-state index contributed by atoms with van der Waals surface area (Å²) in [6.45, 7) is 4.70. The van der Waals surface area contributed by atoms with Gasteiger partial charge in [-0.3, -0.25) is 9.59 Å². The summed E-state index contributed by atoms with van der Waals surface area (Å²) in [5, 5.41) is 7.16. The molecule has 27 heavy (non-hydrogen) atoms. The Bertz CT molecular complexity index is 1010. The normalized spacial score (nSPS) is 12.5.